The summed E-state index contributed by atoms with van der Waals surface area (Å²) in [4.78, 5) is 17.0. The van der Waals surface area contributed by atoms with Gasteiger partial charge in [-0.15, -0.1) is 0 Å². The summed E-state index contributed by atoms with van der Waals surface area (Å²) in [7, 11) is 0. The van der Waals surface area contributed by atoms with Gasteiger partial charge in [-0.05, 0) is 36.4 Å². The number of amides is 2. The van der Waals surface area contributed by atoms with Crippen LogP contribution in [0.3, 0.4) is 0 Å². The quantitative estimate of drug-likeness (QED) is 0.710. The number of aromatic nitrogens is 1. The van der Waals surface area contributed by atoms with Crippen LogP contribution >= 0.6 is 11.8 Å². The van der Waals surface area contributed by atoms with E-state index in [4.69, 9.17) is 0 Å². The lowest BCUT2D eigenvalue weighted by atomic mass is 10.3. The van der Waals surface area contributed by atoms with Crippen molar-refractivity contribution in [1.82, 2.24) is 4.73 Å². The van der Waals surface area contributed by atoms with Crippen LogP contribution in [0.2, 0.25) is 0 Å². The highest BCUT2D eigenvalue weighted by molar-refractivity contribution is 7.99. The summed E-state index contributed by atoms with van der Waals surface area (Å²) in [5.74, 6) is 0. The second-order valence-electron chi connectivity index (χ2n) is 4.89. The SMILES string of the molecule is O=C(/N=c1/ccn(O)c(Sc2ccccc2)c1)Nc1ccccc1. The number of hydrogen-bond acceptors (Lipinski definition) is 3. The van der Waals surface area contributed by atoms with E-state index in [9.17, 15) is 10.0 Å². The Bertz CT molecular complexity index is 893. The number of rotatable bonds is 3. The third-order valence-corrected chi connectivity index (χ3v) is 4.13. The zero-order chi connectivity index (χ0) is 16.8. The fraction of sp³-hybridized carbons (Fsp3) is 0. The minimum absolute atomic E-state index is 0.465. The highest BCUT2D eigenvalue weighted by Crippen LogP contribution is 2.25. The number of pyridine rings is 1. The van der Waals surface area contributed by atoms with E-state index in [0.29, 0.717) is 16.1 Å². The van der Waals surface area contributed by atoms with Gasteiger partial charge in [-0.3, -0.25) is 0 Å². The molecule has 0 aliphatic heterocycles. The predicted molar refractivity (Wildman–Crippen MR) is 93.2 cm³/mol. The second kappa shape index (κ2) is 7.52. The van der Waals surface area contributed by atoms with Crippen LogP contribution in [0.4, 0.5) is 10.5 Å². The van der Waals surface area contributed by atoms with Crippen LogP contribution in [-0.2, 0) is 0 Å². The molecule has 6 heteroatoms. The van der Waals surface area contributed by atoms with Crippen molar-refractivity contribution in [2.75, 3.05) is 5.32 Å². The fourth-order valence-electron chi connectivity index (χ4n) is 2.01. The lowest BCUT2D eigenvalue weighted by Gasteiger charge is -2.06. The number of carbonyl (C=O) groups excluding carboxylic acids is 1. The smallest absolute Gasteiger partial charge is 0.345 e. The minimum Gasteiger partial charge on any atom is -0.428 e. The molecule has 0 saturated heterocycles. The first-order valence-corrected chi connectivity index (χ1v) is 8.08. The lowest BCUT2D eigenvalue weighted by molar-refractivity contribution is 0.159. The molecule has 1 aromatic heterocycles. The molecular weight excluding hydrogens is 322 g/mol. The van der Waals surface area contributed by atoms with Crippen molar-refractivity contribution >= 4 is 23.5 Å². The van der Waals surface area contributed by atoms with Crippen molar-refractivity contribution in [3.8, 4) is 0 Å². The van der Waals surface area contributed by atoms with E-state index < -0.39 is 6.03 Å². The molecule has 0 radical (unpaired) electrons. The molecule has 0 saturated carbocycles. The summed E-state index contributed by atoms with van der Waals surface area (Å²) in [6.45, 7) is 0. The molecule has 0 aliphatic carbocycles. The average molecular weight is 337 g/mol. The van der Waals surface area contributed by atoms with Gasteiger partial charge >= 0.3 is 6.03 Å². The number of urea groups is 1. The van der Waals surface area contributed by atoms with Gasteiger partial charge in [0.2, 0.25) is 0 Å². The van der Waals surface area contributed by atoms with E-state index in [2.05, 4.69) is 10.3 Å². The van der Waals surface area contributed by atoms with Gasteiger partial charge in [0.15, 0.2) is 0 Å². The molecule has 2 aromatic carbocycles. The molecule has 1 heterocycles. The fourth-order valence-corrected chi connectivity index (χ4v) is 2.88. The van der Waals surface area contributed by atoms with Crippen molar-refractivity contribution in [1.29, 1.82) is 0 Å². The standard InChI is InChI=1S/C18H15N3O2S/c22-18(19-14-7-3-1-4-8-14)20-15-11-12-21(23)17(13-15)24-16-9-5-2-6-10-16/h1-13,23H,(H,19,22)/b20-15-. The topological polar surface area (TPSA) is 66.6 Å². The second-order valence-corrected chi connectivity index (χ2v) is 5.98. The number of nitrogens with one attached hydrogen (secondary N) is 1. The molecule has 0 unspecified atom stereocenters. The van der Waals surface area contributed by atoms with Crippen molar-refractivity contribution in [3.63, 3.8) is 0 Å². The van der Waals surface area contributed by atoms with Crippen LogP contribution in [0.15, 0.2) is 93.9 Å². The number of nitrogens with zero attached hydrogens (tertiary/aromatic N) is 2. The maximum Gasteiger partial charge on any atom is 0.345 e. The van der Waals surface area contributed by atoms with Crippen LogP contribution in [0.5, 0.6) is 0 Å². The minimum atomic E-state index is -0.465. The Morgan fingerprint density at radius 2 is 1.67 bits per heavy atom. The summed E-state index contributed by atoms with van der Waals surface area (Å²) in [5.41, 5.74) is 0.679. The largest absolute Gasteiger partial charge is 0.428 e. The molecule has 24 heavy (non-hydrogen) atoms. The molecule has 5 nitrogen and oxygen atoms in total. The van der Waals surface area contributed by atoms with Gasteiger partial charge in [-0.2, -0.15) is 9.72 Å². The number of benzene rings is 2. The zero-order valence-corrected chi connectivity index (χ0v) is 13.5. The molecule has 3 aromatic rings. The maximum atomic E-state index is 12.0. The average Bonchev–Trinajstić information content (AvgIpc) is 2.60. The molecular formula is C18H15N3O2S. The summed E-state index contributed by atoms with van der Waals surface area (Å²) in [6.07, 6.45) is 1.46. The van der Waals surface area contributed by atoms with Crippen molar-refractivity contribution in [3.05, 3.63) is 84.4 Å². The number of para-hydroxylation sites is 1. The Kier molecular flexibility index (Phi) is 4.98. The summed E-state index contributed by atoms with van der Waals surface area (Å²) in [5, 5.41) is 13.6. The summed E-state index contributed by atoms with van der Waals surface area (Å²) in [6, 6.07) is 21.5. The van der Waals surface area contributed by atoms with Gasteiger partial charge in [0.1, 0.15) is 5.03 Å². The monoisotopic (exact) mass is 337 g/mol. The number of anilines is 1. The summed E-state index contributed by atoms with van der Waals surface area (Å²) < 4.78 is 1.01. The normalized spacial score (nSPS) is 11.2. The molecule has 0 fully saturated rings. The Balaban J connectivity index is 1.81. The predicted octanol–water partition coefficient (Wildman–Crippen LogP) is 4.01. The van der Waals surface area contributed by atoms with Gasteiger partial charge < -0.3 is 10.5 Å². The Morgan fingerprint density at radius 3 is 2.38 bits per heavy atom. The van der Waals surface area contributed by atoms with Crippen molar-refractivity contribution < 1.29 is 10.0 Å². The Hall–Kier alpha value is -2.99. The molecule has 0 aliphatic rings. The van der Waals surface area contributed by atoms with Gasteiger partial charge in [0.05, 0.1) is 5.36 Å². The van der Waals surface area contributed by atoms with Crippen molar-refractivity contribution in [2.45, 2.75) is 9.92 Å². The van der Waals surface area contributed by atoms with Gasteiger partial charge in [0.25, 0.3) is 0 Å². The van der Waals surface area contributed by atoms with E-state index in [1.165, 1.54) is 18.0 Å². The molecule has 2 N–H and O–H groups in total. The molecule has 0 atom stereocenters. The molecule has 2 amide bonds. The van der Waals surface area contributed by atoms with Crippen molar-refractivity contribution in [2.24, 2.45) is 4.99 Å². The molecule has 0 bridgehead atoms. The highest BCUT2D eigenvalue weighted by Gasteiger charge is 2.03. The van der Waals surface area contributed by atoms with E-state index in [-0.39, 0.29) is 0 Å². The van der Waals surface area contributed by atoms with Crippen LogP contribution in [0.25, 0.3) is 0 Å². The van der Waals surface area contributed by atoms with Crippen LogP contribution in [0, 0.1) is 0 Å². The Morgan fingerprint density at radius 1 is 1.00 bits per heavy atom. The molecule has 120 valence electrons. The first-order chi connectivity index (χ1) is 11.7. The van der Waals surface area contributed by atoms with Crippen LogP contribution < -0.4 is 10.7 Å². The third kappa shape index (κ3) is 4.27. The maximum absolute atomic E-state index is 12.0. The zero-order valence-electron chi connectivity index (χ0n) is 12.7. The van der Waals surface area contributed by atoms with E-state index in [1.807, 2.05) is 48.5 Å². The number of hydrogen-bond donors (Lipinski definition) is 2. The highest BCUT2D eigenvalue weighted by atomic mass is 32.2. The van der Waals surface area contributed by atoms with Gasteiger partial charge in [-0.1, -0.05) is 48.2 Å². The van der Waals surface area contributed by atoms with E-state index >= 15 is 0 Å². The number of carbonyl (C=O) groups is 1. The lowest BCUT2D eigenvalue weighted by Crippen LogP contribution is -2.14. The third-order valence-electron chi connectivity index (χ3n) is 3.10. The van der Waals surface area contributed by atoms with E-state index in [1.54, 1.807) is 24.3 Å². The van der Waals surface area contributed by atoms with Gasteiger partial charge in [0, 0.05) is 16.8 Å². The van der Waals surface area contributed by atoms with Gasteiger partial charge in [-0.25, -0.2) is 4.79 Å². The van der Waals surface area contributed by atoms with Crippen LogP contribution in [-0.4, -0.2) is 16.0 Å². The first kappa shape index (κ1) is 15.9. The summed E-state index contributed by atoms with van der Waals surface area (Å²) >= 11 is 1.38. The first-order valence-electron chi connectivity index (χ1n) is 7.26. The molecule has 3 rings (SSSR count). The Labute approximate surface area is 143 Å². The van der Waals surface area contributed by atoms with Crippen LogP contribution in [0.1, 0.15) is 0 Å². The van der Waals surface area contributed by atoms with E-state index in [0.717, 1.165) is 9.63 Å². The molecule has 0 spiro atoms.